The third-order valence-electron chi connectivity index (χ3n) is 5.46. The number of H-pyrrole nitrogens is 1. The first kappa shape index (κ1) is 19.9. The molecule has 0 saturated carbocycles. The van der Waals surface area contributed by atoms with Gasteiger partial charge in [0.05, 0.1) is 24.1 Å². The number of anilines is 1. The number of pyridine rings is 2. The highest BCUT2D eigenvalue weighted by atomic mass is 16.3. The minimum Gasteiger partial charge on any atom is -0.392 e. The van der Waals surface area contributed by atoms with E-state index >= 15 is 0 Å². The van der Waals surface area contributed by atoms with E-state index in [4.69, 9.17) is 5.26 Å². The zero-order chi connectivity index (χ0) is 21.1. The molecule has 4 heterocycles. The molecule has 30 heavy (non-hydrogen) atoms. The average Bonchev–Trinajstić information content (AvgIpc) is 3.23. The largest absolute Gasteiger partial charge is 0.392 e. The number of amides is 1. The molecular weight excluding hydrogens is 380 g/mol. The number of nitrogens with one attached hydrogen (secondary N) is 2. The zero-order valence-electron chi connectivity index (χ0n) is 16.8. The van der Waals surface area contributed by atoms with Gasteiger partial charge in [-0.3, -0.25) is 9.78 Å². The molecule has 0 radical (unpaired) electrons. The van der Waals surface area contributed by atoms with Gasteiger partial charge in [0.15, 0.2) is 0 Å². The van der Waals surface area contributed by atoms with E-state index in [0.717, 1.165) is 40.0 Å². The topological polar surface area (TPSA) is 118 Å². The lowest BCUT2D eigenvalue weighted by molar-refractivity contribution is -0.132. The molecule has 0 unspecified atom stereocenters. The number of hydrogen-bond acceptors (Lipinski definition) is 6. The molecule has 1 amide bonds. The van der Waals surface area contributed by atoms with Crippen LogP contribution in [0.3, 0.4) is 0 Å². The van der Waals surface area contributed by atoms with Crippen molar-refractivity contribution in [1.82, 2.24) is 19.9 Å². The molecular formula is C22H24N6O2. The number of aromatic amines is 1. The molecule has 1 aliphatic heterocycles. The number of fused-ring (bicyclic) bond motifs is 1. The van der Waals surface area contributed by atoms with E-state index in [9.17, 15) is 9.90 Å². The van der Waals surface area contributed by atoms with E-state index in [-0.39, 0.29) is 25.0 Å². The average molecular weight is 404 g/mol. The Hall–Kier alpha value is -3.44. The highest BCUT2D eigenvalue weighted by Gasteiger charge is 2.28. The molecule has 8 nitrogen and oxygen atoms in total. The van der Waals surface area contributed by atoms with Gasteiger partial charge in [-0.1, -0.05) is 6.92 Å². The summed E-state index contributed by atoms with van der Waals surface area (Å²) < 4.78 is 0. The van der Waals surface area contributed by atoms with Gasteiger partial charge in [-0.25, -0.2) is 4.98 Å². The molecule has 2 atom stereocenters. The molecule has 3 aromatic rings. The number of carbonyl (C=O) groups is 1. The van der Waals surface area contributed by atoms with Crippen molar-refractivity contribution in [2.45, 2.75) is 32.4 Å². The SMILES string of the molecule is C[C@H]1C[C@@H](Nc2c(-c3cc(CO)ccn3)cnc3[nH]ccc23)CN(C(=O)CC#N)C1. The lowest BCUT2D eigenvalue weighted by Gasteiger charge is -2.37. The van der Waals surface area contributed by atoms with E-state index < -0.39 is 0 Å². The summed E-state index contributed by atoms with van der Waals surface area (Å²) in [5.74, 6) is 0.191. The van der Waals surface area contributed by atoms with Crippen LogP contribution in [0.25, 0.3) is 22.3 Å². The van der Waals surface area contributed by atoms with Crippen molar-refractivity contribution >= 4 is 22.6 Å². The van der Waals surface area contributed by atoms with E-state index in [0.29, 0.717) is 19.0 Å². The Balaban J connectivity index is 1.70. The van der Waals surface area contributed by atoms with Gasteiger partial charge in [-0.15, -0.1) is 0 Å². The molecule has 1 aliphatic rings. The summed E-state index contributed by atoms with van der Waals surface area (Å²) in [6.07, 6.45) is 6.11. The Morgan fingerprint density at radius 2 is 2.27 bits per heavy atom. The third kappa shape index (κ3) is 3.98. The minimum absolute atomic E-state index is 0.0386. The number of nitrogens with zero attached hydrogens (tertiary/aromatic N) is 4. The number of aromatic nitrogens is 3. The second-order valence-corrected chi connectivity index (χ2v) is 7.81. The fourth-order valence-corrected chi connectivity index (χ4v) is 4.12. The van der Waals surface area contributed by atoms with Crippen molar-refractivity contribution in [1.29, 1.82) is 5.26 Å². The van der Waals surface area contributed by atoms with Crippen LogP contribution < -0.4 is 5.32 Å². The summed E-state index contributed by atoms with van der Waals surface area (Å²) in [4.78, 5) is 26.2. The summed E-state index contributed by atoms with van der Waals surface area (Å²) in [5, 5.41) is 23.0. The van der Waals surface area contributed by atoms with Gasteiger partial charge in [0, 0.05) is 48.7 Å². The monoisotopic (exact) mass is 404 g/mol. The zero-order valence-corrected chi connectivity index (χ0v) is 16.8. The molecule has 3 aromatic heterocycles. The first-order chi connectivity index (χ1) is 14.6. The highest BCUT2D eigenvalue weighted by Crippen LogP contribution is 2.34. The van der Waals surface area contributed by atoms with Gasteiger partial charge in [0.25, 0.3) is 0 Å². The molecule has 1 saturated heterocycles. The Bertz CT molecular complexity index is 1100. The molecule has 0 bridgehead atoms. The summed E-state index contributed by atoms with van der Waals surface area (Å²) in [6.45, 7) is 3.27. The Morgan fingerprint density at radius 1 is 1.40 bits per heavy atom. The lowest BCUT2D eigenvalue weighted by Crippen LogP contribution is -2.48. The summed E-state index contributed by atoms with van der Waals surface area (Å²) >= 11 is 0. The molecule has 8 heteroatoms. The van der Waals surface area contributed by atoms with Crippen LogP contribution in [0.5, 0.6) is 0 Å². The molecule has 0 aromatic carbocycles. The maximum absolute atomic E-state index is 12.3. The predicted octanol–water partition coefficient (Wildman–Crippen LogP) is 2.68. The van der Waals surface area contributed by atoms with Gasteiger partial charge >= 0.3 is 0 Å². The first-order valence-electron chi connectivity index (χ1n) is 10.0. The highest BCUT2D eigenvalue weighted by molar-refractivity contribution is 5.97. The Morgan fingerprint density at radius 3 is 3.07 bits per heavy atom. The van der Waals surface area contributed by atoms with Crippen molar-refractivity contribution in [3.05, 3.63) is 42.4 Å². The van der Waals surface area contributed by atoms with E-state index in [1.165, 1.54) is 0 Å². The van der Waals surface area contributed by atoms with Crippen LogP contribution in [0, 0.1) is 17.2 Å². The van der Waals surface area contributed by atoms with Crippen molar-refractivity contribution < 1.29 is 9.90 Å². The number of rotatable bonds is 5. The summed E-state index contributed by atoms with van der Waals surface area (Å²) in [6, 6.07) is 7.59. The normalized spacial score (nSPS) is 18.9. The van der Waals surface area contributed by atoms with Crippen LogP contribution in [0.1, 0.15) is 25.3 Å². The predicted molar refractivity (Wildman–Crippen MR) is 113 cm³/mol. The van der Waals surface area contributed by atoms with Gasteiger partial charge in [0.2, 0.25) is 5.91 Å². The molecule has 154 valence electrons. The third-order valence-corrected chi connectivity index (χ3v) is 5.46. The first-order valence-corrected chi connectivity index (χ1v) is 10.0. The van der Waals surface area contributed by atoms with E-state index in [2.05, 4.69) is 27.2 Å². The van der Waals surface area contributed by atoms with Crippen LogP contribution in [0.4, 0.5) is 5.69 Å². The number of piperidine rings is 1. The number of likely N-dealkylation sites (tertiary alicyclic amines) is 1. The minimum atomic E-state index is -0.130. The number of nitriles is 1. The number of hydrogen-bond donors (Lipinski definition) is 3. The number of carbonyl (C=O) groups excluding carboxylic acids is 1. The second-order valence-electron chi connectivity index (χ2n) is 7.81. The summed E-state index contributed by atoms with van der Waals surface area (Å²) in [7, 11) is 0. The molecule has 4 rings (SSSR count). The molecule has 1 fully saturated rings. The number of aliphatic hydroxyl groups is 1. The van der Waals surface area contributed by atoms with Crippen molar-refractivity contribution in [3.63, 3.8) is 0 Å². The van der Waals surface area contributed by atoms with Crippen LogP contribution in [-0.4, -0.2) is 50.0 Å². The van der Waals surface area contributed by atoms with Crippen LogP contribution in [0.2, 0.25) is 0 Å². The standard InChI is InChI=1S/C22H24N6O2/c1-14-8-16(12-28(11-14)20(30)2-5-23)27-21-17-4-7-25-22(17)26-10-18(21)19-9-15(13-29)3-6-24-19/h3-4,6-7,9-10,14,16,29H,2,8,11-13H2,1H3,(H2,25,26,27)/t14-,16+/m0/s1. The van der Waals surface area contributed by atoms with Gasteiger partial charge < -0.3 is 20.3 Å². The van der Waals surface area contributed by atoms with Gasteiger partial charge in [-0.2, -0.15) is 5.26 Å². The quantitative estimate of drug-likeness (QED) is 0.602. The van der Waals surface area contributed by atoms with Crippen LogP contribution in [-0.2, 0) is 11.4 Å². The van der Waals surface area contributed by atoms with Gasteiger partial charge in [-0.05, 0) is 36.1 Å². The van der Waals surface area contributed by atoms with Crippen molar-refractivity contribution in [2.24, 2.45) is 5.92 Å². The van der Waals surface area contributed by atoms with Crippen molar-refractivity contribution in [2.75, 3.05) is 18.4 Å². The lowest BCUT2D eigenvalue weighted by atomic mass is 9.94. The summed E-state index contributed by atoms with van der Waals surface area (Å²) in [5.41, 5.74) is 4.00. The maximum atomic E-state index is 12.3. The maximum Gasteiger partial charge on any atom is 0.236 e. The molecule has 0 aliphatic carbocycles. The fourth-order valence-electron chi connectivity index (χ4n) is 4.12. The van der Waals surface area contributed by atoms with Crippen LogP contribution in [0.15, 0.2) is 36.8 Å². The molecule has 0 spiro atoms. The van der Waals surface area contributed by atoms with Crippen LogP contribution >= 0.6 is 0 Å². The number of aliphatic hydroxyl groups excluding tert-OH is 1. The Labute approximate surface area is 174 Å². The van der Waals surface area contributed by atoms with Gasteiger partial charge in [0.1, 0.15) is 12.1 Å². The van der Waals surface area contributed by atoms with E-state index in [1.807, 2.05) is 24.4 Å². The van der Waals surface area contributed by atoms with Crippen molar-refractivity contribution in [3.8, 4) is 17.3 Å². The second kappa shape index (κ2) is 8.51. The Kier molecular flexibility index (Phi) is 5.63. The molecule has 3 N–H and O–H groups in total. The fraction of sp³-hybridized carbons (Fsp3) is 0.364. The van der Waals surface area contributed by atoms with E-state index in [1.54, 1.807) is 23.4 Å². The smallest absolute Gasteiger partial charge is 0.236 e.